The molecule has 0 spiro atoms. The van der Waals surface area contributed by atoms with Crippen molar-refractivity contribution in [2.24, 2.45) is 0 Å². The number of pyridine rings is 1. The second-order valence-electron chi connectivity index (χ2n) is 9.99. The fourth-order valence-electron chi connectivity index (χ4n) is 4.74. The Bertz CT molecular complexity index is 1660. The maximum atomic E-state index is 13.2. The largest absolute Gasteiger partial charge is 0.480 e. The monoisotopic (exact) mass is 572 g/mol. The van der Waals surface area contributed by atoms with Crippen LogP contribution in [0.5, 0.6) is 0 Å². The molecule has 1 aromatic heterocycles. The number of carbonyl (C=O) groups excluding carboxylic acids is 1. The van der Waals surface area contributed by atoms with Gasteiger partial charge in [-0.25, -0.2) is 13.2 Å². The number of sulfonamides is 1. The summed E-state index contributed by atoms with van der Waals surface area (Å²) in [6.07, 6.45) is 3.14. The van der Waals surface area contributed by atoms with E-state index >= 15 is 0 Å². The first-order chi connectivity index (χ1) is 19.4. The van der Waals surface area contributed by atoms with E-state index in [0.717, 1.165) is 22.3 Å². The van der Waals surface area contributed by atoms with Gasteiger partial charge in [0.05, 0.1) is 16.8 Å². The standard InChI is InChI=1S/C31H32N4O5S/c1-19-14-21(3)29(22(4)15-19)41(39,40)35-28(30(36)37)16-23-8-11-24(12-9-23)25-10-7-20(2)27(17-25)34-31(38)33-26-6-5-13-32-18-26/h5-15,17-18,28,35H,16H2,1-4H3,(H,36,37)(H2,33,34,38)/t28-/m1/s1. The van der Waals surface area contributed by atoms with Crippen LogP contribution in [0.4, 0.5) is 16.2 Å². The van der Waals surface area contributed by atoms with E-state index in [-0.39, 0.29) is 11.3 Å². The number of benzene rings is 3. The molecule has 4 rings (SSSR count). The lowest BCUT2D eigenvalue weighted by Gasteiger charge is -2.18. The van der Waals surface area contributed by atoms with Crippen LogP contribution in [-0.4, -0.2) is 36.6 Å². The average Bonchev–Trinajstić information content (AvgIpc) is 2.89. The number of nitrogens with one attached hydrogen (secondary N) is 3. The normalized spacial score (nSPS) is 12.0. The number of carboxylic acids is 1. The van der Waals surface area contributed by atoms with Crippen molar-refractivity contribution in [1.82, 2.24) is 9.71 Å². The topological polar surface area (TPSA) is 137 Å². The quantitative estimate of drug-likeness (QED) is 0.206. The third kappa shape index (κ3) is 7.36. The molecular weight excluding hydrogens is 540 g/mol. The van der Waals surface area contributed by atoms with Crippen molar-refractivity contribution < 1.29 is 23.1 Å². The van der Waals surface area contributed by atoms with Crippen molar-refractivity contribution in [3.63, 3.8) is 0 Å². The Morgan fingerprint density at radius 3 is 2.12 bits per heavy atom. The van der Waals surface area contributed by atoms with Gasteiger partial charge in [-0.3, -0.25) is 9.78 Å². The summed E-state index contributed by atoms with van der Waals surface area (Å²) >= 11 is 0. The summed E-state index contributed by atoms with van der Waals surface area (Å²) in [4.78, 5) is 28.6. The lowest BCUT2D eigenvalue weighted by molar-refractivity contribution is -0.138. The van der Waals surface area contributed by atoms with Gasteiger partial charge in [-0.15, -0.1) is 0 Å². The van der Waals surface area contributed by atoms with Gasteiger partial charge in [0.25, 0.3) is 0 Å². The third-order valence-electron chi connectivity index (χ3n) is 6.60. The van der Waals surface area contributed by atoms with Crippen molar-refractivity contribution in [3.8, 4) is 11.1 Å². The van der Waals surface area contributed by atoms with Crippen LogP contribution in [0, 0.1) is 27.7 Å². The number of urea groups is 1. The Labute approximate surface area is 239 Å². The van der Waals surface area contributed by atoms with Gasteiger partial charge in [0.2, 0.25) is 10.0 Å². The Balaban J connectivity index is 1.48. The zero-order valence-electron chi connectivity index (χ0n) is 23.2. The number of aryl methyl sites for hydroxylation is 4. The molecule has 0 aliphatic heterocycles. The molecule has 0 fully saturated rings. The molecule has 0 radical (unpaired) electrons. The molecule has 0 unspecified atom stereocenters. The highest BCUT2D eigenvalue weighted by Crippen LogP contribution is 2.27. The van der Waals surface area contributed by atoms with Gasteiger partial charge in [-0.2, -0.15) is 4.72 Å². The smallest absolute Gasteiger partial charge is 0.323 e. The van der Waals surface area contributed by atoms with Gasteiger partial charge in [0.15, 0.2) is 0 Å². The highest BCUT2D eigenvalue weighted by molar-refractivity contribution is 7.89. The minimum atomic E-state index is -4.07. The SMILES string of the molecule is Cc1cc(C)c(S(=O)(=O)N[C@H](Cc2ccc(-c3ccc(C)c(NC(=O)Nc4cccnc4)c3)cc2)C(=O)O)c(C)c1. The fourth-order valence-corrected chi connectivity index (χ4v) is 6.39. The van der Waals surface area contributed by atoms with E-state index in [1.807, 2.05) is 44.2 Å². The van der Waals surface area contributed by atoms with E-state index < -0.39 is 28.1 Å². The van der Waals surface area contributed by atoms with E-state index in [9.17, 15) is 23.1 Å². The van der Waals surface area contributed by atoms with Crippen molar-refractivity contribution >= 4 is 33.4 Å². The summed E-state index contributed by atoms with van der Waals surface area (Å²) in [5.41, 5.74) is 6.48. The van der Waals surface area contributed by atoms with Crippen molar-refractivity contribution in [2.45, 2.75) is 45.1 Å². The lowest BCUT2D eigenvalue weighted by atomic mass is 9.99. The van der Waals surface area contributed by atoms with Gasteiger partial charge < -0.3 is 15.7 Å². The van der Waals surface area contributed by atoms with E-state index in [1.54, 1.807) is 62.6 Å². The second-order valence-corrected chi connectivity index (χ2v) is 11.6. The fraction of sp³-hybridized carbons (Fsp3) is 0.194. The molecule has 0 aliphatic carbocycles. The Morgan fingerprint density at radius 2 is 1.51 bits per heavy atom. The molecule has 1 atom stereocenters. The number of carbonyl (C=O) groups is 2. The first-order valence-electron chi connectivity index (χ1n) is 12.9. The number of aliphatic carboxylic acids is 1. The maximum absolute atomic E-state index is 13.2. The first kappa shape index (κ1) is 29.4. The predicted octanol–water partition coefficient (Wildman–Crippen LogP) is 5.60. The summed E-state index contributed by atoms with van der Waals surface area (Å²) in [6, 6.07) is 18.1. The van der Waals surface area contributed by atoms with Crippen LogP contribution in [-0.2, 0) is 21.2 Å². The predicted molar refractivity (Wildman–Crippen MR) is 160 cm³/mol. The molecule has 41 heavy (non-hydrogen) atoms. The van der Waals surface area contributed by atoms with E-state index in [1.165, 1.54) is 0 Å². The summed E-state index contributed by atoms with van der Waals surface area (Å²) in [6.45, 7) is 7.16. The highest BCUT2D eigenvalue weighted by Gasteiger charge is 2.28. The van der Waals surface area contributed by atoms with Gasteiger partial charge in [-0.1, -0.05) is 54.1 Å². The molecule has 4 N–H and O–H groups in total. The van der Waals surface area contributed by atoms with Gasteiger partial charge >= 0.3 is 12.0 Å². The highest BCUT2D eigenvalue weighted by atomic mass is 32.2. The maximum Gasteiger partial charge on any atom is 0.323 e. The lowest BCUT2D eigenvalue weighted by Crippen LogP contribution is -2.42. The van der Waals surface area contributed by atoms with E-state index in [0.29, 0.717) is 28.1 Å². The Hall–Kier alpha value is -4.54. The number of rotatable bonds is 9. The number of amides is 2. The summed E-state index contributed by atoms with van der Waals surface area (Å²) in [7, 11) is -4.07. The summed E-state index contributed by atoms with van der Waals surface area (Å²) in [5.74, 6) is -1.26. The molecule has 0 bridgehead atoms. The number of hydrogen-bond acceptors (Lipinski definition) is 5. The van der Waals surface area contributed by atoms with Crippen LogP contribution in [0.2, 0.25) is 0 Å². The molecule has 0 saturated carbocycles. The van der Waals surface area contributed by atoms with Gasteiger partial charge in [-0.05, 0) is 85.7 Å². The molecule has 0 aliphatic rings. The molecule has 4 aromatic rings. The van der Waals surface area contributed by atoms with E-state index in [4.69, 9.17) is 0 Å². The minimum absolute atomic E-state index is 0.0337. The van der Waals surface area contributed by atoms with Crippen LogP contribution >= 0.6 is 0 Å². The molecule has 0 saturated heterocycles. The molecule has 10 heteroatoms. The zero-order chi connectivity index (χ0) is 29.7. The molecule has 3 aromatic carbocycles. The van der Waals surface area contributed by atoms with Crippen LogP contribution in [0.1, 0.15) is 27.8 Å². The number of aromatic nitrogens is 1. The third-order valence-corrected chi connectivity index (χ3v) is 8.38. The molecule has 212 valence electrons. The Morgan fingerprint density at radius 1 is 0.854 bits per heavy atom. The average molecular weight is 573 g/mol. The number of carboxylic acid groups (broad SMARTS) is 1. The number of nitrogens with zero attached hydrogens (tertiary/aromatic N) is 1. The zero-order valence-corrected chi connectivity index (χ0v) is 24.0. The summed E-state index contributed by atoms with van der Waals surface area (Å²) < 4.78 is 28.7. The van der Waals surface area contributed by atoms with Crippen molar-refractivity contribution in [1.29, 1.82) is 0 Å². The van der Waals surface area contributed by atoms with Crippen LogP contribution in [0.3, 0.4) is 0 Å². The minimum Gasteiger partial charge on any atom is -0.480 e. The molecule has 1 heterocycles. The molecule has 9 nitrogen and oxygen atoms in total. The van der Waals surface area contributed by atoms with Crippen molar-refractivity contribution in [2.75, 3.05) is 10.6 Å². The molecular formula is C31H32N4O5S. The van der Waals surface area contributed by atoms with Gasteiger partial charge in [0, 0.05) is 11.9 Å². The summed E-state index contributed by atoms with van der Waals surface area (Å²) in [5, 5.41) is 15.4. The Kier molecular flexibility index (Phi) is 8.85. The van der Waals surface area contributed by atoms with Crippen LogP contribution in [0.25, 0.3) is 11.1 Å². The second kappa shape index (κ2) is 12.3. The first-order valence-corrected chi connectivity index (χ1v) is 14.4. The van der Waals surface area contributed by atoms with E-state index in [2.05, 4.69) is 20.3 Å². The van der Waals surface area contributed by atoms with Crippen LogP contribution < -0.4 is 15.4 Å². The molecule has 2 amide bonds. The van der Waals surface area contributed by atoms with Crippen molar-refractivity contribution in [3.05, 3.63) is 107 Å². The van der Waals surface area contributed by atoms with Gasteiger partial charge in [0.1, 0.15) is 6.04 Å². The number of hydrogen-bond donors (Lipinski definition) is 4. The number of anilines is 2. The van der Waals surface area contributed by atoms with Crippen LogP contribution in [0.15, 0.2) is 84.0 Å².